The monoisotopic (exact) mass is 226 g/mol. The Hall–Kier alpha value is -0.380. The molecule has 1 saturated carbocycles. The summed E-state index contributed by atoms with van der Waals surface area (Å²) in [5.41, 5.74) is 0. The Morgan fingerprint density at radius 3 is 2.69 bits per heavy atom. The van der Waals surface area contributed by atoms with Crippen molar-refractivity contribution in [2.75, 3.05) is 19.8 Å². The predicted molar refractivity (Wildman–Crippen MR) is 62.3 cm³/mol. The molecule has 1 heterocycles. The molecule has 16 heavy (non-hydrogen) atoms. The highest BCUT2D eigenvalue weighted by molar-refractivity contribution is 4.81. The largest absolute Gasteiger partial charge is 0.375 e. The average Bonchev–Trinajstić information content (AvgIpc) is 2.54. The van der Waals surface area contributed by atoms with E-state index in [4.69, 9.17) is 14.2 Å². The summed E-state index contributed by atoms with van der Waals surface area (Å²) in [6.07, 6.45) is 9.03. The zero-order valence-corrected chi connectivity index (χ0v) is 9.95. The maximum Gasteiger partial charge on any atom is 0.169 e. The van der Waals surface area contributed by atoms with Gasteiger partial charge in [-0.3, -0.25) is 0 Å². The second-order valence-corrected chi connectivity index (χ2v) is 4.70. The maximum atomic E-state index is 6.03. The zero-order chi connectivity index (χ0) is 11.3. The first-order valence-electron chi connectivity index (χ1n) is 6.35. The summed E-state index contributed by atoms with van der Waals surface area (Å²) in [4.78, 5) is 0. The molecule has 0 aromatic carbocycles. The molecule has 2 fully saturated rings. The van der Waals surface area contributed by atoms with Crippen molar-refractivity contribution in [1.29, 1.82) is 0 Å². The summed E-state index contributed by atoms with van der Waals surface area (Å²) in [5.74, 6) is -0.279. The van der Waals surface area contributed by atoms with Crippen LogP contribution in [-0.4, -0.2) is 31.7 Å². The summed E-state index contributed by atoms with van der Waals surface area (Å²) < 4.78 is 17.3. The molecule has 0 radical (unpaired) electrons. The van der Waals surface area contributed by atoms with Crippen molar-refractivity contribution in [1.82, 2.24) is 0 Å². The van der Waals surface area contributed by atoms with Gasteiger partial charge in [0.2, 0.25) is 0 Å². The van der Waals surface area contributed by atoms with Gasteiger partial charge in [0, 0.05) is 12.8 Å². The van der Waals surface area contributed by atoms with E-state index in [9.17, 15) is 0 Å². The van der Waals surface area contributed by atoms with Crippen LogP contribution < -0.4 is 0 Å². The van der Waals surface area contributed by atoms with Gasteiger partial charge in [0.15, 0.2) is 5.79 Å². The van der Waals surface area contributed by atoms with Gasteiger partial charge in [-0.15, -0.1) is 6.58 Å². The van der Waals surface area contributed by atoms with Crippen molar-refractivity contribution in [3.05, 3.63) is 12.7 Å². The molecule has 1 saturated heterocycles. The van der Waals surface area contributed by atoms with Gasteiger partial charge in [0.05, 0.1) is 19.8 Å². The molecule has 2 rings (SSSR count). The molecule has 1 aliphatic heterocycles. The van der Waals surface area contributed by atoms with Gasteiger partial charge in [-0.25, -0.2) is 0 Å². The lowest BCUT2D eigenvalue weighted by molar-refractivity contribution is -0.180. The maximum absolute atomic E-state index is 6.03. The predicted octanol–water partition coefficient (Wildman–Crippen LogP) is 2.65. The Morgan fingerprint density at radius 1 is 1.25 bits per heavy atom. The smallest absolute Gasteiger partial charge is 0.169 e. The van der Waals surface area contributed by atoms with Crippen molar-refractivity contribution in [3.8, 4) is 0 Å². The summed E-state index contributed by atoms with van der Waals surface area (Å²) in [6.45, 7) is 5.51. The van der Waals surface area contributed by atoms with Gasteiger partial charge in [0.1, 0.15) is 6.10 Å². The molecule has 0 amide bonds. The highest BCUT2D eigenvalue weighted by Crippen LogP contribution is 2.36. The van der Waals surface area contributed by atoms with Crippen LogP contribution in [0, 0.1) is 0 Å². The number of hydrogen-bond donors (Lipinski definition) is 0. The second-order valence-electron chi connectivity index (χ2n) is 4.70. The highest BCUT2D eigenvalue weighted by atomic mass is 16.7. The van der Waals surface area contributed by atoms with E-state index in [0.29, 0.717) is 19.8 Å². The Morgan fingerprint density at radius 2 is 2.00 bits per heavy atom. The lowest BCUT2D eigenvalue weighted by atomic mass is 10.1. The molecule has 1 unspecified atom stereocenters. The van der Waals surface area contributed by atoms with Crippen LogP contribution in [-0.2, 0) is 14.2 Å². The third-order valence-electron chi connectivity index (χ3n) is 3.32. The molecule has 3 nitrogen and oxygen atoms in total. The van der Waals surface area contributed by atoms with Crippen molar-refractivity contribution in [2.45, 2.75) is 50.4 Å². The van der Waals surface area contributed by atoms with Crippen molar-refractivity contribution < 1.29 is 14.2 Å². The van der Waals surface area contributed by atoms with Crippen LogP contribution in [0.2, 0.25) is 0 Å². The molecular weight excluding hydrogens is 204 g/mol. The van der Waals surface area contributed by atoms with Crippen LogP contribution in [0.15, 0.2) is 12.7 Å². The third kappa shape index (κ3) is 3.06. The third-order valence-corrected chi connectivity index (χ3v) is 3.32. The van der Waals surface area contributed by atoms with Crippen LogP contribution >= 0.6 is 0 Å². The topological polar surface area (TPSA) is 27.7 Å². The van der Waals surface area contributed by atoms with E-state index in [1.165, 1.54) is 25.7 Å². The minimum absolute atomic E-state index is 0.109. The first kappa shape index (κ1) is 12.1. The number of rotatable bonds is 4. The summed E-state index contributed by atoms with van der Waals surface area (Å²) in [5, 5.41) is 0. The summed E-state index contributed by atoms with van der Waals surface area (Å²) in [6, 6.07) is 0. The minimum Gasteiger partial charge on any atom is -0.375 e. The van der Waals surface area contributed by atoms with Gasteiger partial charge in [0.25, 0.3) is 0 Å². The van der Waals surface area contributed by atoms with E-state index in [2.05, 4.69) is 6.58 Å². The van der Waals surface area contributed by atoms with E-state index in [1.807, 2.05) is 0 Å². The molecule has 0 aromatic heterocycles. The van der Waals surface area contributed by atoms with Gasteiger partial charge >= 0.3 is 0 Å². The highest BCUT2D eigenvalue weighted by Gasteiger charge is 2.41. The SMILES string of the molecule is C=CCOCC1COC2(CCCCCC2)O1. The second kappa shape index (κ2) is 5.80. The fraction of sp³-hybridized carbons (Fsp3) is 0.846. The number of hydrogen-bond acceptors (Lipinski definition) is 3. The van der Waals surface area contributed by atoms with Crippen molar-refractivity contribution in [3.63, 3.8) is 0 Å². The molecular formula is C13H22O3. The Balaban J connectivity index is 1.78. The van der Waals surface area contributed by atoms with Crippen LogP contribution in [0.5, 0.6) is 0 Å². The lowest BCUT2D eigenvalue weighted by Crippen LogP contribution is -2.31. The van der Waals surface area contributed by atoms with Gasteiger partial charge < -0.3 is 14.2 Å². The van der Waals surface area contributed by atoms with E-state index in [0.717, 1.165) is 12.8 Å². The molecule has 0 aromatic rings. The lowest BCUT2D eigenvalue weighted by Gasteiger charge is -2.26. The molecule has 0 bridgehead atoms. The van der Waals surface area contributed by atoms with E-state index in [-0.39, 0.29) is 11.9 Å². The number of ether oxygens (including phenoxy) is 3. The van der Waals surface area contributed by atoms with Gasteiger partial charge in [-0.05, 0) is 12.8 Å². The van der Waals surface area contributed by atoms with E-state index in [1.54, 1.807) is 6.08 Å². The van der Waals surface area contributed by atoms with Crippen LogP contribution in [0.3, 0.4) is 0 Å². The molecule has 1 atom stereocenters. The van der Waals surface area contributed by atoms with Crippen molar-refractivity contribution >= 4 is 0 Å². The first-order chi connectivity index (χ1) is 7.85. The van der Waals surface area contributed by atoms with Crippen LogP contribution in [0.1, 0.15) is 38.5 Å². The fourth-order valence-corrected chi connectivity index (χ4v) is 2.51. The molecule has 1 aliphatic carbocycles. The van der Waals surface area contributed by atoms with Crippen molar-refractivity contribution in [2.24, 2.45) is 0 Å². The molecule has 2 aliphatic rings. The van der Waals surface area contributed by atoms with Gasteiger partial charge in [-0.1, -0.05) is 18.9 Å². The summed E-state index contributed by atoms with van der Waals surface area (Å²) in [7, 11) is 0. The van der Waals surface area contributed by atoms with Crippen LogP contribution in [0.4, 0.5) is 0 Å². The summed E-state index contributed by atoms with van der Waals surface area (Å²) >= 11 is 0. The standard InChI is InChI=1S/C13H22O3/c1-2-9-14-10-12-11-15-13(16-12)7-5-3-4-6-8-13/h2,12H,1,3-11H2. The average molecular weight is 226 g/mol. The van der Waals surface area contributed by atoms with E-state index < -0.39 is 0 Å². The van der Waals surface area contributed by atoms with Crippen LogP contribution in [0.25, 0.3) is 0 Å². The molecule has 0 N–H and O–H groups in total. The Kier molecular flexibility index (Phi) is 4.38. The normalized spacial score (nSPS) is 29.1. The van der Waals surface area contributed by atoms with Gasteiger partial charge in [-0.2, -0.15) is 0 Å². The molecule has 1 spiro atoms. The minimum atomic E-state index is -0.279. The molecule has 3 heteroatoms. The Bertz CT molecular complexity index is 219. The first-order valence-corrected chi connectivity index (χ1v) is 6.35. The fourth-order valence-electron chi connectivity index (χ4n) is 2.51. The zero-order valence-electron chi connectivity index (χ0n) is 9.95. The quantitative estimate of drug-likeness (QED) is 0.545. The molecule has 92 valence electrons. The Labute approximate surface area is 97.8 Å². The van der Waals surface area contributed by atoms with E-state index >= 15 is 0 Å².